The molecule has 2 aromatic rings. The van der Waals surface area contributed by atoms with Crippen molar-refractivity contribution in [1.82, 2.24) is 10.8 Å². The van der Waals surface area contributed by atoms with Crippen LogP contribution in [0.5, 0.6) is 5.75 Å². The predicted octanol–water partition coefficient (Wildman–Crippen LogP) is 3.40. The highest BCUT2D eigenvalue weighted by Crippen LogP contribution is 2.28. The maximum atomic E-state index is 13.0. The number of halogens is 2. The molecule has 0 spiro atoms. The number of aliphatic hydroxyl groups excluding tert-OH is 1. The second kappa shape index (κ2) is 11.6. The maximum absolute atomic E-state index is 13.0. The van der Waals surface area contributed by atoms with Crippen LogP contribution < -0.4 is 15.5 Å². The Hall–Kier alpha value is -3.74. The van der Waals surface area contributed by atoms with Crippen molar-refractivity contribution >= 4 is 11.8 Å². The van der Waals surface area contributed by atoms with E-state index in [1.165, 1.54) is 17.6 Å². The van der Waals surface area contributed by atoms with E-state index in [9.17, 15) is 23.5 Å². The Morgan fingerprint density at radius 1 is 1.06 bits per heavy atom. The van der Waals surface area contributed by atoms with Crippen molar-refractivity contribution in [1.29, 1.82) is 0 Å². The zero-order valence-corrected chi connectivity index (χ0v) is 19.2. The molecule has 3 atom stereocenters. The van der Waals surface area contributed by atoms with Crippen LogP contribution in [0.3, 0.4) is 0 Å². The monoisotopic (exact) mass is 484 g/mol. The first kappa shape index (κ1) is 25.9. The topological polar surface area (TPSA) is 108 Å². The molecule has 35 heavy (non-hydrogen) atoms. The molecule has 0 heterocycles. The molecule has 0 fully saturated rings. The van der Waals surface area contributed by atoms with Gasteiger partial charge < -0.3 is 15.2 Å². The van der Waals surface area contributed by atoms with Crippen LogP contribution in [0.2, 0.25) is 0 Å². The van der Waals surface area contributed by atoms with Gasteiger partial charge in [0.2, 0.25) is 6.43 Å². The number of aliphatic hydroxyl groups is 1. The summed E-state index contributed by atoms with van der Waals surface area (Å²) in [6.07, 6.45) is -1.97. The minimum Gasteiger partial charge on any atom is -0.459 e. The molecule has 1 aliphatic rings. The van der Waals surface area contributed by atoms with Crippen molar-refractivity contribution in [3.8, 4) is 17.6 Å². The predicted molar refractivity (Wildman–Crippen MR) is 124 cm³/mol. The SMILES string of the molecule is CC1=C(Oc2ccc(C#Cc3ccc(C(=O)NC(C(=O)NO)C(C)C(F)F)cc3)cc2)[C@@H](O)CC1. The molecule has 0 bridgehead atoms. The van der Waals surface area contributed by atoms with E-state index in [0.717, 1.165) is 24.5 Å². The van der Waals surface area contributed by atoms with Crippen molar-refractivity contribution < 1.29 is 33.4 Å². The molecule has 0 aliphatic heterocycles. The third-order valence-corrected chi connectivity index (χ3v) is 5.70. The highest BCUT2D eigenvalue weighted by atomic mass is 19.3. The maximum Gasteiger partial charge on any atom is 0.266 e. The first-order valence-electron chi connectivity index (χ1n) is 11.0. The van der Waals surface area contributed by atoms with E-state index < -0.39 is 36.3 Å². The van der Waals surface area contributed by atoms with Gasteiger partial charge in [-0.3, -0.25) is 14.8 Å². The van der Waals surface area contributed by atoms with Gasteiger partial charge in [-0.1, -0.05) is 18.8 Å². The van der Waals surface area contributed by atoms with E-state index >= 15 is 0 Å². The summed E-state index contributed by atoms with van der Waals surface area (Å²) in [4.78, 5) is 24.1. The highest BCUT2D eigenvalue weighted by molar-refractivity contribution is 5.97. The Morgan fingerprint density at radius 3 is 2.11 bits per heavy atom. The summed E-state index contributed by atoms with van der Waals surface area (Å²) in [5.41, 5.74) is 3.83. The second-order valence-electron chi connectivity index (χ2n) is 8.27. The molecule has 0 radical (unpaired) electrons. The Balaban J connectivity index is 1.63. The van der Waals surface area contributed by atoms with E-state index in [-0.39, 0.29) is 5.56 Å². The number of carbonyl (C=O) groups excluding carboxylic acids is 2. The molecule has 184 valence electrons. The lowest BCUT2D eigenvalue weighted by molar-refractivity contribution is -0.134. The molecular weight excluding hydrogens is 458 g/mol. The number of amides is 2. The molecule has 0 saturated carbocycles. The van der Waals surface area contributed by atoms with Crippen molar-refractivity contribution in [2.75, 3.05) is 0 Å². The van der Waals surface area contributed by atoms with E-state index in [4.69, 9.17) is 9.94 Å². The van der Waals surface area contributed by atoms with Crippen LogP contribution in [-0.4, -0.2) is 40.7 Å². The Morgan fingerprint density at radius 2 is 1.63 bits per heavy atom. The molecule has 9 heteroatoms. The minimum atomic E-state index is -2.87. The number of nitrogens with one attached hydrogen (secondary N) is 2. The number of benzene rings is 2. The van der Waals surface area contributed by atoms with Gasteiger partial charge in [-0.2, -0.15) is 0 Å². The number of alkyl halides is 2. The number of hydrogen-bond donors (Lipinski definition) is 4. The molecule has 0 aromatic heterocycles. The summed E-state index contributed by atoms with van der Waals surface area (Å²) in [6, 6.07) is 11.6. The zero-order valence-electron chi connectivity index (χ0n) is 19.2. The summed E-state index contributed by atoms with van der Waals surface area (Å²) in [5, 5.41) is 21.0. The summed E-state index contributed by atoms with van der Waals surface area (Å²) < 4.78 is 31.8. The first-order chi connectivity index (χ1) is 16.7. The fourth-order valence-corrected chi connectivity index (χ4v) is 3.50. The Bertz CT molecular complexity index is 1150. The number of hydrogen-bond acceptors (Lipinski definition) is 5. The van der Waals surface area contributed by atoms with E-state index in [2.05, 4.69) is 17.2 Å². The van der Waals surface area contributed by atoms with Crippen LogP contribution >= 0.6 is 0 Å². The van der Waals surface area contributed by atoms with Crippen molar-refractivity contribution in [3.05, 3.63) is 76.6 Å². The standard InChI is InChI=1S/C26H26F2N2O5/c1-15-3-14-21(31)23(15)35-20-12-8-18(9-13-20)5-4-17-6-10-19(11-7-17)25(32)29-22(26(33)30-34)16(2)24(27)28/h6-13,16,21-22,24,31,34H,3,14H2,1-2H3,(H,29,32)(H,30,33)/t16?,21-,22?/m0/s1. The first-order valence-corrected chi connectivity index (χ1v) is 11.0. The van der Waals surface area contributed by atoms with Crippen LogP contribution in [0.1, 0.15) is 48.2 Å². The van der Waals surface area contributed by atoms with Crippen molar-refractivity contribution in [3.63, 3.8) is 0 Å². The lowest BCUT2D eigenvalue weighted by atomic mass is 10.0. The molecule has 7 nitrogen and oxygen atoms in total. The normalized spacial score (nSPS) is 16.8. The van der Waals surface area contributed by atoms with Gasteiger partial charge >= 0.3 is 0 Å². The molecule has 4 N–H and O–H groups in total. The molecular formula is C26H26F2N2O5. The molecule has 1 aliphatic carbocycles. The number of hydroxylamine groups is 1. The van der Waals surface area contributed by atoms with Gasteiger partial charge in [0.15, 0.2) is 0 Å². The Labute approximate surface area is 201 Å². The van der Waals surface area contributed by atoms with Crippen LogP contribution in [-0.2, 0) is 4.79 Å². The van der Waals surface area contributed by atoms with E-state index in [0.29, 0.717) is 23.5 Å². The summed E-state index contributed by atoms with van der Waals surface area (Å²) in [6.45, 7) is 3.03. The Kier molecular flexibility index (Phi) is 8.58. The number of carbonyl (C=O) groups is 2. The molecule has 3 rings (SSSR count). The van der Waals surface area contributed by atoms with Crippen LogP contribution in [0.25, 0.3) is 0 Å². The number of ether oxygens (including phenoxy) is 1. The largest absolute Gasteiger partial charge is 0.459 e. The highest BCUT2D eigenvalue weighted by Gasteiger charge is 2.32. The number of allylic oxidation sites excluding steroid dienone is 1. The lowest BCUT2D eigenvalue weighted by Gasteiger charge is -2.22. The van der Waals surface area contributed by atoms with Gasteiger partial charge in [-0.05, 0) is 73.9 Å². The lowest BCUT2D eigenvalue weighted by Crippen LogP contribution is -2.51. The summed E-state index contributed by atoms with van der Waals surface area (Å²) in [7, 11) is 0. The smallest absolute Gasteiger partial charge is 0.266 e. The van der Waals surface area contributed by atoms with Crippen molar-refractivity contribution in [2.45, 2.75) is 45.3 Å². The average Bonchev–Trinajstić information content (AvgIpc) is 3.18. The van der Waals surface area contributed by atoms with E-state index in [1.807, 2.05) is 6.92 Å². The second-order valence-corrected chi connectivity index (χ2v) is 8.27. The molecule has 2 unspecified atom stereocenters. The summed E-state index contributed by atoms with van der Waals surface area (Å²) in [5.74, 6) is 3.80. The van der Waals surface area contributed by atoms with E-state index in [1.54, 1.807) is 36.4 Å². The van der Waals surface area contributed by atoms with Gasteiger partial charge in [-0.15, -0.1) is 0 Å². The molecule has 2 amide bonds. The average molecular weight is 484 g/mol. The van der Waals surface area contributed by atoms with Crippen LogP contribution in [0, 0.1) is 17.8 Å². The minimum absolute atomic E-state index is 0.146. The molecule has 0 saturated heterocycles. The third-order valence-electron chi connectivity index (χ3n) is 5.70. The van der Waals surface area contributed by atoms with Crippen LogP contribution in [0.4, 0.5) is 8.78 Å². The summed E-state index contributed by atoms with van der Waals surface area (Å²) >= 11 is 0. The number of rotatable bonds is 7. The fourth-order valence-electron chi connectivity index (χ4n) is 3.50. The van der Waals surface area contributed by atoms with Gasteiger partial charge in [0.25, 0.3) is 11.8 Å². The third kappa shape index (κ3) is 6.66. The van der Waals surface area contributed by atoms with Gasteiger partial charge in [0.05, 0.1) is 0 Å². The van der Waals surface area contributed by atoms with Crippen molar-refractivity contribution in [2.24, 2.45) is 5.92 Å². The zero-order chi connectivity index (χ0) is 25.5. The molecule has 2 aromatic carbocycles. The fraction of sp³-hybridized carbons (Fsp3) is 0.308. The van der Waals surface area contributed by atoms with Crippen LogP contribution in [0.15, 0.2) is 59.9 Å². The van der Waals surface area contributed by atoms with Gasteiger partial charge in [0.1, 0.15) is 23.7 Å². The quantitative estimate of drug-likeness (QED) is 0.274. The van der Waals surface area contributed by atoms with Gasteiger partial charge in [0, 0.05) is 22.6 Å². The van der Waals surface area contributed by atoms with Gasteiger partial charge in [-0.25, -0.2) is 14.3 Å².